The molecule has 3 aromatic rings. The number of ether oxygens (including phenoxy) is 1. The molecule has 1 saturated heterocycles. The zero-order chi connectivity index (χ0) is 22.9. The van der Waals surface area contributed by atoms with E-state index in [2.05, 4.69) is 47.7 Å². The van der Waals surface area contributed by atoms with E-state index in [4.69, 9.17) is 0 Å². The van der Waals surface area contributed by atoms with Crippen LogP contribution in [0.25, 0.3) is 17.0 Å². The number of nitrogens with zero attached hydrogens (tertiary/aromatic N) is 2. The number of aryl methyl sites for hydroxylation is 2. The number of aromatic nitrogens is 1. The standard InChI is InChI=1S/C25H25F3N2O2/c1-17-3-9-23-21(15-17)22(16-29(23)2)19-11-13-30(14-12-19)24(31)10-6-18-4-7-20(8-5-18)32-25(26,27)28/h3-10,15-16,19H,11-14H2,1-2H3/b10-6+. The third kappa shape index (κ3) is 4.98. The van der Waals surface area contributed by atoms with Gasteiger partial charge in [0.25, 0.3) is 0 Å². The van der Waals surface area contributed by atoms with E-state index in [0.717, 1.165) is 12.8 Å². The Morgan fingerprint density at radius 1 is 1.09 bits per heavy atom. The predicted octanol–water partition coefficient (Wildman–Crippen LogP) is 5.80. The highest BCUT2D eigenvalue weighted by Crippen LogP contribution is 2.34. The van der Waals surface area contributed by atoms with Gasteiger partial charge < -0.3 is 14.2 Å². The number of likely N-dealkylation sites (tertiary alicyclic amines) is 1. The van der Waals surface area contributed by atoms with Crippen LogP contribution >= 0.6 is 0 Å². The van der Waals surface area contributed by atoms with Gasteiger partial charge in [0.2, 0.25) is 5.91 Å². The SMILES string of the molecule is Cc1ccc2c(c1)c(C1CCN(C(=O)/C=C/c3ccc(OC(F)(F)F)cc3)CC1)cn2C. The molecule has 7 heteroatoms. The normalized spacial score (nSPS) is 15.6. The Morgan fingerprint density at radius 2 is 1.78 bits per heavy atom. The Balaban J connectivity index is 1.36. The van der Waals surface area contributed by atoms with Crippen LogP contribution in [0.15, 0.2) is 54.7 Å². The van der Waals surface area contributed by atoms with Crippen molar-refractivity contribution in [3.63, 3.8) is 0 Å². The molecule has 1 aliphatic heterocycles. The summed E-state index contributed by atoms with van der Waals surface area (Å²) in [5.41, 5.74) is 4.43. The van der Waals surface area contributed by atoms with Gasteiger partial charge in [-0.2, -0.15) is 0 Å². The molecule has 1 aliphatic rings. The van der Waals surface area contributed by atoms with E-state index in [0.29, 0.717) is 24.6 Å². The highest BCUT2D eigenvalue weighted by molar-refractivity contribution is 5.92. The van der Waals surface area contributed by atoms with Gasteiger partial charge in [0.15, 0.2) is 0 Å². The molecule has 0 spiro atoms. The lowest BCUT2D eigenvalue weighted by Gasteiger charge is -2.31. The van der Waals surface area contributed by atoms with Gasteiger partial charge >= 0.3 is 6.36 Å². The van der Waals surface area contributed by atoms with Crippen LogP contribution in [-0.2, 0) is 11.8 Å². The number of hydrogen-bond donors (Lipinski definition) is 0. The molecule has 0 atom stereocenters. The average molecular weight is 442 g/mol. The Kier molecular flexibility index (Phi) is 6.00. The van der Waals surface area contributed by atoms with Crippen LogP contribution in [0.2, 0.25) is 0 Å². The van der Waals surface area contributed by atoms with E-state index >= 15 is 0 Å². The molecule has 0 aliphatic carbocycles. The molecule has 4 nitrogen and oxygen atoms in total. The van der Waals surface area contributed by atoms with Crippen molar-refractivity contribution in [2.24, 2.45) is 7.05 Å². The highest BCUT2D eigenvalue weighted by Gasteiger charge is 2.31. The van der Waals surface area contributed by atoms with Crippen molar-refractivity contribution in [1.82, 2.24) is 9.47 Å². The molecule has 0 unspecified atom stereocenters. The van der Waals surface area contributed by atoms with E-state index in [9.17, 15) is 18.0 Å². The Bertz CT molecular complexity index is 1140. The minimum absolute atomic E-state index is 0.0900. The van der Waals surface area contributed by atoms with Gasteiger partial charge in [-0.3, -0.25) is 4.79 Å². The van der Waals surface area contributed by atoms with Gasteiger partial charge in [0, 0.05) is 43.3 Å². The summed E-state index contributed by atoms with van der Waals surface area (Å²) in [6.07, 6.45) is 2.37. The number of fused-ring (bicyclic) bond motifs is 1. The van der Waals surface area contributed by atoms with Crippen molar-refractivity contribution in [3.8, 4) is 5.75 Å². The molecule has 0 bridgehead atoms. The lowest BCUT2D eigenvalue weighted by molar-refractivity contribution is -0.274. The maximum absolute atomic E-state index is 12.6. The topological polar surface area (TPSA) is 34.5 Å². The first-order valence-corrected chi connectivity index (χ1v) is 10.6. The van der Waals surface area contributed by atoms with Crippen molar-refractivity contribution >= 4 is 22.9 Å². The number of halogens is 3. The van der Waals surface area contributed by atoms with Crippen LogP contribution in [0.5, 0.6) is 5.75 Å². The number of piperidine rings is 1. The summed E-state index contributed by atoms with van der Waals surface area (Å²) in [5.74, 6) is 0.0363. The quantitative estimate of drug-likeness (QED) is 0.478. The largest absolute Gasteiger partial charge is 0.573 e. The van der Waals surface area contributed by atoms with Crippen molar-refractivity contribution in [1.29, 1.82) is 0 Å². The first-order valence-electron chi connectivity index (χ1n) is 10.6. The second kappa shape index (κ2) is 8.73. The summed E-state index contributed by atoms with van der Waals surface area (Å²) in [6, 6.07) is 11.9. The highest BCUT2D eigenvalue weighted by atomic mass is 19.4. The van der Waals surface area contributed by atoms with Crippen LogP contribution in [0.1, 0.15) is 35.4 Å². The molecule has 4 rings (SSSR count). The summed E-state index contributed by atoms with van der Waals surface area (Å²) in [4.78, 5) is 14.4. The van der Waals surface area contributed by atoms with Crippen molar-refractivity contribution < 1.29 is 22.7 Å². The van der Waals surface area contributed by atoms with Crippen LogP contribution < -0.4 is 4.74 Å². The van der Waals surface area contributed by atoms with E-state index in [1.165, 1.54) is 52.4 Å². The van der Waals surface area contributed by atoms with Crippen molar-refractivity contribution in [2.75, 3.05) is 13.1 Å². The molecular formula is C25H25F3N2O2. The van der Waals surface area contributed by atoms with Gasteiger partial charge in [-0.05, 0) is 67.2 Å². The van der Waals surface area contributed by atoms with E-state index in [1.54, 1.807) is 6.08 Å². The van der Waals surface area contributed by atoms with E-state index in [1.807, 2.05) is 4.90 Å². The summed E-state index contributed by atoms with van der Waals surface area (Å²) in [6.45, 7) is 3.45. The Labute approximate surface area is 184 Å². The van der Waals surface area contributed by atoms with Crippen LogP contribution in [0.3, 0.4) is 0 Å². The fraction of sp³-hybridized carbons (Fsp3) is 0.320. The molecule has 0 saturated carbocycles. The predicted molar refractivity (Wildman–Crippen MR) is 118 cm³/mol. The maximum Gasteiger partial charge on any atom is 0.573 e. The molecule has 1 aromatic heterocycles. The molecule has 2 aromatic carbocycles. The Morgan fingerprint density at radius 3 is 2.44 bits per heavy atom. The maximum atomic E-state index is 12.6. The number of benzene rings is 2. The average Bonchev–Trinajstić information content (AvgIpc) is 3.07. The van der Waals surface area contributed by atoms with Crippen molar-refractivity contribution in [3.05, 3.63) is 71.4 Å². The third-order valence-electron chi connectivity index (χ3n) is 5.95. The van der Waals surface area contributed by atoms with Crippen LogP contribution in [-0.4, -0.2) is 34.8 Å². The number of carbonyl (C=O) groups excluding carboxylic acids is 1. The third-order valence-corrected chi connectivity index (χ3v) is 5.95. The fourth-order valence-electron chi connectivity index (χ4n) is 4.33. The lowest BCUT2D eigenvalue weighted by atomic mass is 9.89. The number of rotatable bonds is 4. The monoisotopic (exact) mass is 442 g/mol. The molecule has 32 heavy (non-hydrogen) atoms. The Hall–Kier alpha value is -3.22. The zero-order valence-corrected chi connectivity index (χ0v) is 18.0. The van der Waals surface area contributed by atoms with Gasteiger partial charge in [-0.25, -0.2) is 0 Å². The summed E-state index contributed by atoms with van der Waals surface area (Å²) < 4.78 is 42.8. The number of carbonyl (C=O) groups is 1. The molecule has 0 N–H and O–H groups in total. The first-order chi connectivity index (χ1) is 15.2. The molecule has 1 fully saturated rings. The van der Waals surface area contributed by atoms with Gasteiger partial charge in [0.05, 0.1) is 0 Å². The number of hydrogen-bond acceptors (Lipinski definition) is 2. The van der Waals surface area contributed by atoms with Crippen molar-refractivity contribution in [2.45, 2.75) is 32.0 Å². The van der Waals surface area contributed by atoms with Gasteiger partial charge in [-0.15, -0.1) is 13.2 Å². The van der Waals surface area contributed by atoms with E-state index < -0.39 is 6.36 Å². The summed E-state index contributed by atoms with van der Waals surface area (Å²) in [7, 11) is 2.06. The minimum atomic E-state index is -4.72. The molecule has 2 heterocycles. The smallest absolute Gasteiger partial charge is 0.406 e. The number of amides is 1. The summed E-state index contributed by atoms with van der Waals surface area (Å²) in [5, 5.41) is 1.29. The second-order valence-corrected chi connectivity index (χ2v) is 8.27. The second-order valence-electron chi connectivity index (χ2n) is 8.27. The van der Waals surface area contributed by atoms with Crippen LogP contribution in [0, 0.1) is 6.92 Å². The minimum Gasteiger partial charge on any atom is -0.406 e. The van der Waals surface area contributed by atoms with Gasteiger partial charge in [-0.1, -0.05) is 23.8 Å². The lowest BCUT2D eigenvalue weighted by Crippen LogP contribution is -2.36. The first kappa shape index (κ1) is 22.0. The van der Waals surface area contributed by atoms with Gasteiger partial charge in [0.1, 0.15) is 5.75 Å². The zero-order valence-electron chi connectivity index (χ0n) is 18.0. The molecule has 168 valence electrons. The van der Waals surface area contributed by atoms with E-state index in [-0.39, 0.29) is 11.7 Å². The number of alkyl halides is 3. The molecule has 1 amide bonds. The summed E-state index contributed by atoms with van der Waals surface area (Å²) >= 11 is 0. The molecular weight excluding hydrogens is 417 g/mol. The fourth-order valence-corrected chi connectivity index (χ4v) is 4.33. The molecule has 0 radical (unpaired) electrons. The van der Waals surface area contributed by atoms with Crippen LogP contribution in [0.4, 0.5) is 13.2 Å².